The lowest BCUT2D eigenvalue weighted by atomic mass is 10.1. The highest BCUT2D eigenvalue weighted by Gasteiger charge is 2.12. The summed E-state index contributed by atoms with van der Waals surface area (Å²) in [4.78, 5) is 0. The summed E-state index contributed by atoms with van der Waals surface area (Å²) in [6.45, 7) is 0.393. The van der Waals surface area contributed by atoms with E-state index in [1.165, 1.54) is 0 Å². The molecule has 0 aliphatic heterocycles. The molecule has 7 nitrogen and oxygen atoms in total. The summed E-state index contributed by atoms with van der Waals surface area (Å²) in [7, 11) is 1.91. The number of aryl methyl sites for hydroxylation is 1. The first-order chi connectivity index (χ1) is 12.3. The van der Waals surface area contributed by atoms with E-state index in [1.54, 1.807) is 0 Å². The minimum absolute atomic E-state index is 0.259. The highest BCUT2D eigenvalue weighted by atomic mass is 16.5. The van der Waals surface area contributed by atoms with Crippen LogP contribution in [0.2, 0.25) is 0 Å². The third-order valence-electron chi connectivity index (χ3n) is 4.00. The number of nitrogens with zero attached hydrogens (tertiary/aromatic N) is 5. The van der Waals surface area contributed by atoms with E-state index >= 15 is 0 Å². The van der Waals surface area contributed by atoms with Gasteiger partial charge in [0, 0.05) is 18.0 Å². The Hall–Kier alpha value is -3.66. The van der Waals surface area contributed by atoms with Gasteiger partial charge in [-0.15, -0.1) is 5.10 Å². The maximum Gasteiger partial charge on any atom is 0.190 e. The molecule has 0 fully saturated rings. The van der Waals surface area contributed by atoms with Crippen molar-refractivity contribution in [1.29, 1.82) is 5.26 Å². The van der Waals surface area contributed by atoms with Gasteiger partial charge in [0.05, 0.1) is 11.2 Å². The molecule has 0 atom stereocenters. The van der Waals surface area contributed by atoms with Gasteiger partial charge in [-0.3, -0.25) is 4.68 Å². The third kappa shape index (κ3) is 2.70. The molecule has 0 spiro atoms. The van der Waals surface area contributed by atoms with E-state index in [9.17, 15) is 0 Å². The molecule has 1 N–H and O–H groups in total. The van der Waals surface area contributed by atoms with Crippen molar-refractivity contribution >= 4 is 10.9 Å². The summed E-state index contributed by atoms with van der Waals surface area (Å²) >= 11 is 0. The molecule has 25 heavy (non-hydrogen) atoms. The number of hydrogen-bond donors (Lipinski definition) is 1. The summed E-state index contributed by atoms with van der Waals surface area (Å²) in [6.07, 6.45) is 0. The topological polar surface area (TPSA) is 92.4 Å². The summed E-state index contributed by atoms with van der Waals surface area (Å²) in [6, 6.07) is 17.4. The summed E-state index contributed by atoms with van der Waals surface area (Å²) < 4.78 is 7.78. The van der Waals surface area contributed by atoms with Crippen molar-refractivity contribution in [3.63, 3.8) is 0 Å². The monoisotopic (exact) mass is 330 g/mol. The maximum atomic E-state index is 9.08. The molecule has 0 aliphatic rings. The first kappa shape index (κ1) is 14.9. The SMILES string of the molecule is Cn1nc2ccccc2c1COc1cccc(-c2n[nH]nc2C#N)c1. The quantitative estimate of drug-likeness (QED) is 0.621. The van der Waals surface area contributed by atoms with Crippen LogP contribution in [0.25, 0.3) is 22.2 Å². The molecule has 0 bridgehead atoms. The number of nitrogens with one attached hydrogen (secondary N) is 1. The molecule has 0 saturated heterocycles. The van der Waals surface area contributed by atoms with E-state index in [1.807, 2.05) is 66.3 Å². The standard InChI is InChI=1S/C18H14N6O/c1-24-17(14-7-2-3-8-15(14)22-24)11-25-13-6-4-5-12(9-13)18-16(10-19)20-23-21-18/h2-9H,11H2,1H3,(H,20,21,23). The van der Waals surface area contributed by atoms with Crippen molar-refractivity contribution in [2.75, 3.05) is 0 Å². The van der Waals surface area contributed by atoms with Crippen LogP contribution in [0.3, 0.4) is 0 Å². The number of H-pyrrole nitrogens is 1. The van der Waals surface area contributed by atoms with Gasteiger partial charge < -0.3 is 4.74 Å². The van der Waals surface area contributed by atoms with E-state index in [0.717, 1.165) is 22.2 Å². The Morgan fingerprint density at radius 3 is 2.92 bits per heavy atom. The van der Waals surface area contributed by atoms with Crippen LogP contribution in [-0.4, -0.2) is 25.2 Å². The van der Waals surface area contributed by atoms with Crippen LogP contribution in [-0.2, 0) is 13.7 Å². The van der Waals surface area contributed by atoms with Crippen molar-refractivity contribution < 1.29 is 4.74 Å². The van der Waals surface area contributed by atoms with Gasteiger partial charge >= 0.3 is 0 Å². The number of aromatic amines is 1. The lowest BCUT2D eigenvalue weighted by Crippen LogP contribution is -2.03. The molecule has 4 aromatic rings. The van der Waals surface area contributed by atoms with Crippen molar-refractivity contribution in [1.82, 2.24) is 25.2 Å². The molecule has 2 aromatic carbocycles. The molecular formula is C18H14N6O. The zero-order valence-electron chi connectivity index (χ0n) is 13.5. The molecule has 4 rings (SSSR count). The number of benzene rings is 2. The summed E-state index contributed by atoms with van der Waals surface area (Å²) in [5, 5.41) is 25.0. The van der Waals surface area contributed by atoms with Gasteiger partial charge in [0.25, 0.3) is 0 Å². The number of aromatic nitrogens is 5. The number of nitriles is 1. The van der Waals surface area contributed by atoms with Crippen LogP contribution < -0.4 is 4.74 Å². The van der Waals surface area contributed by atoms with Gasteiger partial charge in [0.1, 0.15) is 24.1 Å². The molecule has 2 aromatic heterocycles. The predicted molar refractivity (Wildman–Crippen MR) is 91.6 cm³/mol. The maximum absolute atomic E-state index is 9.08. The molecule has 0 unspecified atom stereocenters. The second-order valence-corrected chi connectivity index (χ2v) is 5.54. The Balaban J connectivity index is 1.61. The van der Waals surface area contributed by atoms with Crippen molar-refractivity contribution in [2.45, 2.75) is 6.61 Å². The highest BCUT2D eigenvalue weighted by Crippen LogP contribution is 2.25. The van der Waals surface area contributed by atoms with Gasteiger partial charge in [-0.1, -0.05) is 30.3 Å². The van der Waals surface area contributed by atoms with Gasteiger partial charge in [0.15, 0.2) is 5.69 Å². The van der Waals surface area contributed by atoms with E-state index in [0.29, 0.717) is 18.1 Å². The number of fused-ring (bicyclic) bond motifs is 1. The lowest BCUT2D eigenvalue weighted by Gasteiger charge is -2.08. The van der Waals surface area contributed by atoms with E-state index in [-0.39, 0.29) is 5.69 Å². The minimum atomic E-state index is 0.259. The Bertz CT molecular complexity index is 1090. The number of rotatable bonds is 4. The third-order valence-corrected chi connectivity index (χ3v) is 4.00. The van der Waals surface area contributed by atoms with Crippen LogP contribution in [0.4, 0.5) is 0 Å². The van der Waals surface area contributed by atoms with Gasteiger partial charge in [-0.25, -0.2) is 0 Å². The molecule has 122 valence electrons. The van der Waals surface area contributed by atoms with Gasteiger partial charge in [-0.2, -0.15) is 20.7 Å². The fourth-order valence-electron chi connectivity index (χ4n) is 2.77. The van der Waals surface area contributed by atoms with Crippen molar-refractivity contribution in [3.8, 4) is 23.1 Å². The first-order valence-electron chi connectivity index (χ1n) is 7.71. The molecule has 0 aliphatic carbocycles. The Kier molecular flexibility index (Phi) is 3.63. The Labute approximate surface area is 143 Å². The van der Waals surface area contributed by atoms with Crippen LogP contribution in [0.5, 0.6) is 5.75 Å². The second kappa shape index (κ2) is 6.09. The fourth-order valence-corrected chi connectivity index (χ4v) is 2.77. The summed E-state index contributed by atoms with van der Waals surface area (Å²) in [5.74, 6) is 0.690. The van der Waals surface area contributed by atoms with E-state index in [4.69, 9.17) is 10.00 Å². The molecule has 2 heterocycles. The molecular weight excluding hydrogens is 316 g/mol. The normalized spacial score (nSPS) is 10.7. The molecule has 0 radical (unpaired) electrons. The second-order valence-electron chi connectivity index (χ2n) is 5.54. The Morgan fingerprint density at radius 1 is 1.16 bits per heavy atom. The smallest absolute Gasteiger partial charge is 0.190 e. The first-order valence-corrected chi connectivity index (χ1v) is 7.71. The average Bonchev–Trinajstić information content (AvgIpc) is 3.24. The fraction of sp³-hybridized carbons (Fsp3) is 0.111. The Morgan fingerprint density at radius 2 is 2.04 bits per heavy atom. The van der Waals surface area contributed by atoms with E-state index < -0.39 is 0 Å². The van der Waals surface area contributed by atoms with Crippen LogP contribution >= 0.6 is 0 Å². The summed E-state index contributed by atoms with van der Waals surface area (Å²) in [5.41, 5.74) is 3.49. The van der Waals surface area contributed by atoms with Crippen molar-refractivity contribution in [2.24, 2.45) is 7.05 Å². The highest BCUT2D eigenvalue weighted by molar-refractivity contribution is 5.81. The van der Waals surface area contributed by atoms with Crippen LogP contribution in [0.15, 0.2) is 48.5 Å². The largest absolute Gasteiger partial charge is 0.487 e. The predicted octanol–water partition coefficient (Wildman–Crippen LogP) is 2.81. The molecule has 7 heteroatoms. The van der Waals surface area contributed by atoms with Gasteiger partial charge in [0.2, 0.25) is 0 Å². The van der Waals surface area contributed by atoms with Crippen LogP contribution in [0, 0.1) is 11.3 Å². The minimum Gasteiger partial charge on any atom is -0.487 e. The van der Waals surface area contributed by atoms with Gasteiger partial charge in [-0.05, 0) is 18.2 Å². The average molecular weight is 330 g/mol. The van der Waals surface area contributed by atoms with Crippen molar-refractivity contribution in [3.05, 3.63) is 59.9 Å². The number of ether oxygens (including phenoxy) is 1. The molecule has 0 saturated carbocycles. The lowest BCUT2D eigenvalue weighted by molar-refractivity contribution is 0.296. The number of hydrogen-bond acceptors (Lipinski definition) is 5. The van der Waals surface area contributed by atoms with Crippen LogP contribution in [0.1, 0.15) is 11.4 Å². The molecule has 0 amide bonds. The zero-order valence-corrected chi connectivity index (χ0v) is 13.5. The van der Waals surface area contributed by atoms with E-state index in [2.05, 4.69) is 20.5 Å². The zero-order chi connectivity index (χ0) is 17.2.